The number of benzene rings is 1. The van der Waals surface area contributed by atoms with Gasteiger partial charge < -0.3 is 9.73 Å². The highest BCUT2D eigenvalue weighted by atomic mass is 16.3. The lowest BCUT2D eigenvalue weighted by molar-refractivity contribution is 0.571. The number of oxazole rings is 1. The zero-order valence-electron chi connectivity index (χ0n) is 10.5. The van der Waals surface area contributed by atoms with Gasteiger partial charge in [-0.1, -0.05) is 26.0 Å². The molecule has 0 aliphatic heterocycles. The molecule has 2 rings (SSSR count). The van der Waals surface area contributed by atoms with Gasteiger partial charge in [0.2, 0.25) is 5.89 Å². The largest absolute Gasteiger partial charge is 0.444 e. The average Bonchev–Trinajstić information content (AvgIpc) is 2.78. The van der Waals surface area contributed by atoms with Crippen LogP contribution in [0, 0.1) is 0 Å². The molecule has 0 radical (unpaired) electrons. The maximum Gasteiger partial charge on any atom is 0.226 e. The van der Waals surface area contributed by atoms with E-state index < -0.39 is 0 Å². The lowest BCUT2D eigenvalue weighted by Crippen LogP contribution is -2.04. The maximum absolute atomic E-state index is 5.45. The van der Waals surface area contributed by atoms with Gasteiger partial charge in [0.25, 0.3) is 0 Å². The first-order valence-corrected chi connectivity index (χ1v) is 5.90. The van der Waals surface area contributed by atoms with E-state index in [-0.39, 0.29) is 0 Å². The molecule has 1 heterocycles. The Morgan fingerprint density at radius 1 is 1.24 bits per heavy atom. The molecule has 0 fully saturated rings. The van der Waals surface area contributed by atoms with E-state index in [2.05, 4.69) is 48.4 Å². The third-order valence-corrected chi connectivity index (χ3v) is 2.73. The Labute approximate surface area is 102 Å². The molecule has 0 atom stereocenters. The molecule has 90 valence electrons. The molecule has 1 aromatic heterocycles. The Kier molecular flexibility index (Phi) is 3.59. The molecule has 0 saturated carbocycles. The molecule has 0 aliphatic carbocycles. The second-order valence-corrected chi connectivity index (χ2v) is 4.45. The van der Waals surface area contributed by atoms with Crippen LogP contribution in [0.4, 0.5) is 0 Å². The van der Waals surface area contributed by atoms with E-state index in [9.17, 15) is 0 Å². The van der Waals surface area contributed by atoms with Crippen molar-refractivity contribution < 1.29 is 4.42 Å². The maximum atomic E-state index is 5.45. The second kappa shape index (κ2) is 5.15. The van der Waals surface area contributed by atoms with Gasteiger partial charge in [0, 0.05) is 12.1 Å². The molecule has 0 aliphatic rings. The van der Waals surface area contributed by atoms with E-state index in [4.69, 9.17) is 4.42 Å². The predicted octanol–water partition coefficient (Wildman–Crippen LogP) is 3.18. The van der Waals surface area contributed by atoms with Crippen molar-refractivity contribution in [3.05, 3.63) is 41.8 Å². The van der Waals surface area contributed by atoms with Crippen LogP contribution in [0.15, 0.2) is 34.9 Å². The van der Waals surface area contributed by atoms with E-state index in [0.29, 0.717) is 11.8 Å². The van der Waals surface area contributed by atoms with Crippen LogP contribution >= 0.6 is 0 Å². The highest BCUT2D eigenvalue weighted by molar-refractivity contribution is 5.53. The zero-order chi connectivity index (χ0) is 12.3. The summed E-state index contributed by atoms with van der Waals surface area (Å²) < 4.78 is 5.45. The van der Waals surface area contributed by atoms with E-state index in [1.165, 1.54) is 5.56 Å². The summed E-state index contributed by atoms with van der Waals surface area (Å²) in [7, 11) is 1.89. The van der Waals surface area contributed by atoms with Crippen LogP contribution in [0.25, 0.3) is 11.5 Å². The van der Waals surface area contributed by atoms with Crippen molar-refractivity contribution in [2.24, 2.45) is 0 Å². The standard InChI is InChI=1S/C14H18N2O/c1-10(2)11-4-6-12(7-5-11)14-16-13(8-15-3)9-17-14/h4-7,9-10,15H,8H2,1-3H3. The molecule has 0 spiro atoms. The Morgan fingerprint density at radius 3 is 2.53 bits per heavy atom. The smallest absolute Gasteiger partial charge is 0.226 e. The van der Waals surface area contributed by atoms with Gasteiger partial charge in [-0.3, -0.25) is 0 Å². The fourth-order valence-electron chi connectivity index (χ4n) is 1.71. The highest BCUT2D eigenvalue weighted by Gasteiger charge is 2.06. The van der Waals surface area contributed by atoms with Crippen molar-refractivity contribution in [3.8, 4) is 11.5 Å². The van der Waals surface area contributed by atoms with Gasteiger partial charge in [-0.25, -0.2) is 4.98 Å². The van der Waals surface area contributed by atoms with Gasteiger partial charge in [-0.2, -0.15) is 0 Å². The molecule has 0 amide bonds. The average molecular weight is 230 g/mol. The summed E-state index contributed by atoms with van der Waals surface area (Å²) in [6, 6.07) is 8.37. The third kappa shape index (κ3) is 2.74. The Balaban J connectivity index is 2.21. The minimum atomic E-state index is 0.550. The fraction of sp³-hybridized carbons (Fsp3) is 0.357. The van der Waals surface area contributed by atoms with Crippen molar-refractivity contribution in [1.82, 2.24) is 10.3 Å². The molecule has 1 N–H and O–H groups in total. The summed E-state index contributed by atoms with van der Waals surface area (Å²) in [5, 5.41) is 3.05. The number of hydrogen-bond donors (Lipinski definition) is 1. The lowest BCUT2D eigenvalue weighted by atomic mass is 10.0. The quantitative estimate of drug-likeness (QED) is 0.876. The van der Waals surface area contributed by atoms with E-state index in [1.807, 2.05) is 7.05 Å². The minimum Gasteiger partial charge on any atom is -0.444 e. The van der Waals surface area contributed by atoms with E-state index >= 15 is 0 Å². The van der Waals surface area contributed by atoms with Crippen molar-refractivity contribution in [2.45, 2.75) is 26.3 Å². The monoisotopic (exact) mass is 230 g/mol. The summed E-state index contributed by atoms with van der Waals surface area (Å²) in [5.74, 6) is 1.24. The summed E-state index contributed by atoms with van der Waals surface area (Å²) in [5.41, 5.74) is 3.28. The van der Waals surface area contributed by atoms with Gasteiger partial charge >= 0.3 is 0 Å². The van der Waals surface area contributed by atoms with Gasteiger partial charge in [0.15, 0.2) is 0 Å². The van der Waals surface area contributed by atoms with E-state index in [1.54, 1.807) is 6.26 Å². The molecule has 2 aromatic rings. The minimum absolute atomic E-state index is 0.550. The number of aromatic nitrogens is 1. The first kappa shape index (κ1) is 11.9. The van der Waals surface area contributed by atoms with Crippen LogP contribution in [0.5, 0.6) is 0 Å². The van der Waals surface area contributed by atoms with Crippen molar-refractivity contribution >= 4 is 0 Å². The normalized spacial score (nSPS) is 11.1. The number of nitrogens with one attached hydrogen (secondary N) is 1. The third-order valence-electron chi connectivity index (χ3n) is 2.73. The summed E-state index contributed by atoms with van der Waals surface area (Å²) in [4.78, 5) is 4.42. The first-order chi connectivity index (χ1) is 8.20. The van der Waals surface area contributed by atoms with Crippen molar-refractivity contribution in [2.75, 3.05) is 7.05 Å². The molecule has 0 saturated heterocycles. The summed E-state index contributed by atoms with van der Waals surface area (Å²) in [6.45, 7) is 5.10. The van der Waals surface area contributed by atoms with Crippen LogP contribution in [-0.4, -0.2) is 12.0 Å². The van der Waals surface area contributed by atoms with Gasteiger partial charge in [0.05, 0.1) is 5.69 Å². The molecule has 17 heavy (non-hydrogen) atoms. The van der Waals surface area contributed by atoms with Crippen molar-refractivity contribution in [3.63, 3.8) is 0 Å². The van der Waals surface area contributed by atoms with Crippen LogP contribution in [0.2, 0.25) is 0 Å². The Hall–Kier alpha value is -1.61. The van der Waals surface area contributed by atoms with Crippen LogP contribution in [0.3, 0.4) is 0 Å². The van der Waals surface area contributed by atoms with Gasteiger partial charge in [-0.05, 0) is 30.7 Å². The van der Waals surface area contributed by atoms with Gasteiger partial charge in [0.1, 0.15) is 6.26 Å². The summed E-state index contributed by atoms with van der Waals surface area (Å²) in [6.07, 6.45) is 1.70. The van der Waals surface area contributed by atoms with Crippen LogP contribution in [0.1, 0.15) is 31.0 Å². The molecule has 0 unspecified atom stereocenters. The number of hydrogen-bond acceptors (Lipinski definition) is 3. The molecule has 1 aromatic carbocycles. The molecule has 3 heteroatoms. The fourth-order valence-corrected chi connectivity index (χ4v) is 1.71. The zero-order valence-corrected chi connectivity index (χ0v) is 10.5. The lowest BCUT2D eigenvalue weighted by Gasteiger charge is -2.04. The molecular weight excluding hydrogens is 212 g/mol. The summed E-state index contributed by atoms with van der Waals surface area (Å²) >= 11 is 0. The Morgan fingerprint density at radius 2 is 1.94 bits per heavy atom. The predicted molar refractivity (Wildman–Crippen MR) is 68.8 cm³/mol. The molecule has 3 nitrogen and oxygen atoms in total. The SMILES string of the molecule is CNCc1coc(-c2ccc(C(C)C)cc2)n1. The Bertz CT molecular complexity index is 471. The van der Waals surface area contributed by atoms with Crippen LogP contribution < -0.4 is 5.32 Å². The number of nitrogens with zero attached hydrogens (tertiary/aromatic N) is 1. The van der Waals surface area contributed by atoms with Crippen molar-refractivity contribution in [1.29, 1.82) is 0 Å². The number of rotatable bonds is 4. The van der Waals surface area contributed by atoms with Gasteiger partial charge in [-0.15, -0.1) is 0 Å². The first-order valence-electron chi connectivity index (χ1n) is 5.90. The van der Waals surface area contributed by atoms with Crippen LogP contribution in [-0.2, 0) is 6.54 Å². The topological polar surface area (TPSA) is 38.1 Å². The highest BCUT2D eigenvalue weighted by Crippen LogP contribution is 2.22. The second-order valence-electron chi connectivity index (χ2n) is 4.45. The van der Waals surface area contributed by atoms with E-state index in [0.717, 1.165) is 17.8 Å². The molecule has 0 bridgehead atoms. The molecular formula is C14H18N2O.